The molecule has 1 fully saturated rings. The van der Waals surface area contributed by atoms with Gasteiger partial charge in [0.25, 0.3) is 0 Å². The summed E-state index contributed by atoms with van der Waals surface area (Å²) in [6.45, 7) is 1.78. The number of ether oxygens (including phenoxy) is 1. The lowest BCUT2D eigenvalue weighted by Crippen LogP contribution is -2.36. The quantitative estimate of drug-likeness (QED) is 0.901. The molecule has 88 valence electrons. The van der Waals surface area contributed by atoms with Crippen molar-refractivity contribution in [2.24, 2.45) is 5.92 Å². The van der Waals surface area contributed by atoms with Crippen molar-refractivity contribution in [2.75, 3.05) is 13.6 Å². The minimum Gasteiger partial charge on any atom is -0.373 e. The Labute approximate surface area is 105 Å². The summed E-state index contributed by atoms with van der Waals surface area (Å²) >= 11 is 3.40. The Morgan fingerprint density at radius 1 is 1.50 bits per heavy atom. The highest BCUT2D eigenvalue weighted by atomic mass is 79.9. The fourth-order valence-corrected chi connectivity index (χ4v) is 2.43. The summed E-state index contributed by atoms with van der Waals surface area (Å²) in [4.78, 5) is 4.11. The van der Waals surface area contributed by atoms with Crippen molar-refractivity contribution in [2.45, 2.75) is 25.6 Å². The van der Waals surface area contributed by atoms with Crippen LogP contribution in [-0.4, -0.2) is 24.7 Å². The molecule has 0 spiro atoms. The van der Waals surface area contributed by atoms with E-state index in [2.05, 4.69) is 32.3 Å². The highest BCUT2D eigenvalue weighted by molar-refractivity contribution is 9.10. The van der Waals surface area contributed by atoms with Crippen molar-refractivity contribution >= 4 is 15.9 Å². The number of nitrogens with one attached hydrogen (secondary N) is 1. The molecule has 0 aliphatic heterocycles. The Morgan fingerprint density at radius 3 is 3.00 bits per heavy atom. The number of pyridine rings is 1. The van der Waals surface area contributed by atoms with E-state index in [1.54, 1.807) is 6.20 Å². The average Bonchev–Trinajstić information content (AvgIpc) is 2.21. The van der Waals surface area contributed by atoms with E-state index < -0.39 is 0 Å². The van der Waals surface area contributed by atoms with Crippen LogP contribution in [-0.2, 0) is 11.3 Å². The van der Waals surface area contributed by atoms with Crippen molar-refractivity contribution in [3.8, 4) is 0 Å². The van der Waals surface area contributed by atoms with Crippen LogP contribution in [0.2, 0.25) is 0 Å². The minimum absolute atomic E-state index is 0.442. The van der Waals surface area contributed by atoms with Crippen LogP contribution in [0.3, 0.4) is 0 Å². The monoisotopic (exact) mass is 284 g/mol. The molecule has 1 saturated carbocycles. The molecule has 1 aliphatic carbocycles. The van der Waals surface area contributed by atoms with Gasteiger partial charge in [-0.05, 0) is 59.9 Å². The molecule has 1 aromatic rings. The van der Waals surface area contributed by atoms with E-state index in [-0.39, 0.29) is 0 Å². The predicted octanol–water partition coefficient (Wildman–Crippen LogP) is 2.36. The molecule has 1 N–H and O–H groups in total. The molecule has 0 atom stereocenters. The Hall–Kier alpha value is -0.450. The van der Waals surface area contributed by atoms with Gasteiger partial charge in [0, 0.05) is 16.9 Å². The predicted molar refractivity (Wildman–Crippen MR) is 67.2 cm³/mol. The van der Waals surface area contributed by atoms with Crippen LogP contribution in [0, 0.1) is 5.92 Å². The van der Waals surface area contributed by atoms with E-state index in [1.807, 2.05) is 13.2 Å². The lowest BCUT2D eigenvalue weighted by Gasteiger charge is -2.35. The molecular formula is C12H17BrN2O. The zero-order valence-electron chi connectivity index (χ0n) is 9.45. The van der Waals surface area contributed by atoms with E-state index in [1.165, 1.54) is 12.8 Å². The first-order valence-corrected chi connectivity index (χ1v) is 6.43. The zero-order chi connectivity index (χ0) is 11.4. The molecule has 1 heterocycles. The van der Waals surface area contributed by atoms with Gasteiger partial charge >= 0.3 is 0 Å². The van der Waals surface area contributed by atoms with E-state index in [9.17, 15) is 0 Å². The minimum atomic E-state index is 0.442. The summed E-state index contributed by atoms with van der Waals surface area (Å²) < 4.78 is 6.82. The third-order valence-corrected chi connectivity index (χ3v) is 3.37. The fraction of sp³-hybridized carbons (Fsp3) is 0.583. The van der Waals surface area contributed by atoms with Crippen LogP contribution in [0.15, 0.2) is 22.9 Å². The molecule has 1 aromatic heterocycles. The summed E-state index contributed by atoms with van der Waals surface area (Å²) in [5.74, 6) is 0.802. The first kappa shape index (κ1) is 12.0. The zero-order valence-corrected chi connectivity index (χ0v) is 11.0. The fourth-order valence-electron chi connectivity index (χ4n) is 2.01. The van der Waals surface area contributed by atoms with E-state index in [4.69, 9.17) is 4.74 Å². The maximum Gasteiger partial charge on any atom is 0.0735 e. The van der Waals surface area contributed by atoms with Crippen LogP contribution >= 0.6 is 15.9 Å². The first-order valence-electron chi connectivity index (χ1n) is 5.63. The molecule has 1 aliphatic rings. The van der Waals surface area contributed by atoms with Crippen molar-refractivity contribution in [3.05, 3.63) is 28.5 Å². The van der Waals surface area contributed by atoms with Gasteiger partial charge in [0.15, 0.2) is 0 Å². The molecule has 0 saturated heterocycles. The van der Waals surface area contributed by atoms with Crippen molar-refractivity contribution in [1.82, 2.24) is 10.3 Å². The molecule has 2 rings (SSSR count). The average molecular weight is 285 g/mol. The standard InChI is InChI=1S/C12H17BrN2O/c1-14-5-9-3-12(4-9)16-8-10-2-11(13)7-15-6-10/h2,6-7,9,12,14H,3-5,8H2,1H3. The summed E-state index contributed by atoms with van der Waals surface area (Å²) in [7, 11) is 2.00. The highest BCUT2D eigenvalue weighted by Crippen LogP contribution is 2.30. The second-order valence-corrected chi connectivity index (χ2v) is 5.26. The normalized spacial score (nSPS) is 24.1. The van der Waals surface area contributed by atoms with Crippen LogP contribution in [0.25, 0.3) is 0 Å². The third kappa shape index (κ3) is 3.27. The molecule has 3 nitrogen and oxygen atoms in total. The topological polar surface area (TPSA) is 34.1 Å². The number of aromatic nitrogens is 1. The van der Waals surface area contributed by atoms with Gasteiger partial charge in [-0.3, -0.25) is 4.98 Å². The lowest BCUT2D eigenvalue weighted by molar-refractivity contribution is -0.0392. The molecule has 0 bridgehead atoms. The van der Waals surface area contributed by atoms with Gasteiger partial charge in [-0.1, -0.05) is 0 Å². The van der Waals surface area contributed by atoms with Gasteiger partial charge in [-0.15, -0.1) is 0 Å². The molecule has 0 radical (unpaired) electrons. The summed E-state index contributed by atoms with van der Waals surface area (Å²) in [6.07, 6.45) is 6.45. The summed E-state index contributed by atoms with van der Waals surface area (Å²) in [5.41, 5.74) is 1.13. The van der Waals surface area contributed by atoms with E-state index in [0.717, 1.165) is 22.5 Å². The van der Waals surface area contributed by atoms with Gasteiger partial charge in [0.1, 0.15) is 0 Å². The Balaban J connectivity index is 1.69. The maximum absolute atomic E-state index is 5.81. The Morgan fingerprint density at radius 2 is 2.31 bits per heavy atom. The van der Waals surface area contributed by atoms with Crippen molar-refractivity contribution < 1.29 is 4.74 Å². The lowest BCUT2D eigenvalue weighted by atomic mass is 9.82. The molecule has 0 unspecified atom stereocenters. The van der Waals surface area contributed by atoms with Gasteiger partial charge in [0.2, 0.25) is 0 Å². The van der Waals surface area contributed by atoms with E-state index >= 15 is 0 Å². The number of nitrogens with zero attached hydrogens (tertiary/aromatic N) is 1. The summed E-state index contributed by atoms with van der Waals surface area (Å²) in [5, 5.41) is 3.20. The maximum atomic E-state index is 5.81. The molecule has 0 aromatic carbocycles. The molecule has 4 heteroatoms. The molecular weight excluding hydrogens is 268 g/mol. The van der Waals surface area contributed by atoms with Gasteiger partial charge in [-0.2, -0.15) is 0 Å². The summed E-state index contributed by atoms with van der Waals surface area (Å²) in [6, 6.07) is 2.05. The highest BCUT2D eigenvalue weighted by Gasteiger charge is 2.28. The van der Waals surface area contributed by atoms with Crippen LogP contribution in [0.1, 0.15) is 18.4 Å². The van der Waals surface area contributed by atoms with Gasteiger partial charge < -0.3 is 10.1 Å². The Kier molecular flexibility index (Phi) is 4.32. The van der Waals surface area contributed by atoms with Crippen molar-refractivity contribution in [3.63, 3.8) is 0 Å². The van der Waals surface area contributed by atoms with Crippen LogP contribution in [0.5, 0.6) is 0 Å². The molecule has 0 amide bonds. The van der Waals surface area contributed by atoms with Gasteiger partial charge in [0.05, 0.1) is 12.7 Å². The van der Waals surface area contributed by atoms with Gasteiger partial charge in [-0.25, -0.2) is 0 Å². The van der Waals surface area contributed by atoms with Crippen LogP contribution < -0.4 is 5.32 Å². The number of hydrogen-bond acceptors (Lipinski definition) is 3. The van der Waals surface area contributed by atoms with Crippen molar-refractivity contribution in [1.29, 1.82) is 0 Å². The number of halogens is 1. The Bertz CT molecular complexity index is 340. The second-order valence-electron chi connectivity index (χ2n) is 4.34. The first-order chi connectivity index (χ1) is 7.78. The number of rotatable bonds is 5. The van der Waals surface area contributed by atoms with E-state index in [0.29, 0.717) is 12.7 Å². The largest absolute Gasteiger partial charge is 0.373 e. The second kappa shape index (κ2) is 5.75. The van der Waals surface area contributed by atoms with Crippen LogP contribution in [0.4, 0.5) is 0 Å². The molecule has 16 heavy (non-hydrogen) atoms. The third-order valence-electron chi connectivity index (χ3n) is 2.93. The number of hydrogen-bond donors (Lipinski definition) is 1. The SMILES string of the molecule is CNCC1CC(OCc2cncc(Br)c2)C1. The smallest absolute Gasteiger partial charge is 0.0735 e.